The number of benzene rings is 1. The molecule has 0 aliphatic rings. The minimum atomic E-state index is 0.531. The van der Waals surface area contributed by atoms with Crippen molar-refractivity contribution in [2.75, 3.05) is 14.2 Å². The molecule has 0 fully saturated rings. The third-order valence-corrected chi connectivity index (χ3v) is 6.58. The Hall–Kier alpha value is -2.43. The molecule has 4 aromatic rings. The minimum Gasteiger partial charge on any atom is -0.497 e. The summed E-state index contributed by atoms with van der Waals surface area (Å²) in [4.78, 5) is 9.14. The topological polar surface area (TPSA) is 83.2 Å². The highest BCUT2D eigenvalue weighted by Crippen LogP contribution is 2.35. The second-order valence-electron chi connectivity index (χ2n) is 6.00. The van der Waals surface area contributed by atoms with Crippen molar-refractivity contribution in [2.45, 2.75) is 24.3 Å². The van der Waals surface area contributed by atoms with Crippen LogP contribution in [0.25, 0.3) is 10.6 Å². The number of nitrogens with zero attached hydrogens (tertiary/aromatic N) is 4. The van der Waals surface area contributed by atoms with Crippen LogP contribution < -0.4 is 9.47 Å². The summed E-state index contributed by atoms with van der Waals surface area (Å²) in [6.07, 6.45) is 0.552. The lowest BCUT2D eigenvalue weighted by Crippen LogP contribution is -1.90. The van der Waals surface area contributed by atoms with Gasteiger partial charge < -0.3 is 13.9 Å². The highest BCUT2D eigenvalue weighted by Gasteiger charge is 2.14. The molecule has 0 bridgehead atoms. The number of aromatic nitrogens is 4. The highest BCUT2D eigenvalue weighted by molar-refractivity contribution is 7.98. The van der Waals surface area contributed by atoms with Gasteiger partial charge in [0.2, 0.25) is 5.89 Å². The van der Waals surface area contributed by atoms with Crippen LogP contribution in [-0.4, -0.2) is 34.4 Å². The van der Waals surface area contributed by atoms with Crippen LogP contribution in [0.1, 0.15) is 22.3 Å². The van der Waals surface area contributed by atoms with Crippen molar-refractivity contribution in [3.8, 4) is 22.1 Å². The Morgan fingerprint density at radius 1 is 1.03 bits per heavy atom. The predicted molar refractivity (Wildman–Crippen MR) is 114 cm³/mol. The van der Waals surface area contributed by atoms with Crippen molar-refractivity contribution in [1.82, 2.24) is 20.2 Å². The summed E-state index contributed by atoms with van der Waals surface area (Å²) in [5.74, 6) is 2.70. The van der Waals surface area contributed by atoms with Crippen molar-refractivity contribution in [3.05, 3.63) is 51.2 Å². The third kappa shape index (κ3) is 4.77. The van der Waals surface area contributed by atoms with Gasteiger partial charge in [-0.25, -0.2) is 9.97 Å². The second kappa shape index (κ2) is 8.93. The first-order chi connectivity index (χ1) is 14.1. The Morgan fingerprint density at radius 3 is 2.66 bits per heavy atom. The maximum atomic E-state index is 5.72. The van der Waals surface area contributed by atoms with Crippen LogP contribution in [0, 0.1) is 6.92 Å². The Bertz CT molecular complexity index is 1110. The van der Waals surface area contributed by atoms with Gasteiger partial charge in [0.25, 0.3) is 5.22 Å². The molecular weight excluding hydrogens is 428 g/mol. The first kappa shape index (κ1) is 19.9. The summed E-state index contributed by atoms with van der Waals surface area (Å²) in [7, 11) is 3.27. The molecule has 0 radical (unpaired) electrons. The summed E-state index contributed by atoms with van der Waals surface area (Å²) in [6.45, 7) is 1.98. The molecule has 0 amide bonds. The van der Waals surface area contributed by atoms with Crippen LogP contribution in [0.5, 0.6) is 11.5 Å². The van der Waals surface area contributed by atoms with Crippen molar-refractivity contribution in [2.24, 2.45) is 0 Å². The zero-order valence-electron chi connectivity index (χ0n) is 16.0. The largest absolute Gasteiger partial charge is 0.497 e. The number of thiazole rings is 2. The first-order valence-corrected chi connectivity index (χ1v) is 11.4. The van der Waals surface area contributed by atoms with Crippen LogP contribution in [0.2, 0.25) is 0 Å². The molecule has 0 saturated heterocycles. The normalized spacial score (nSPS) is 11.0. The molecule has 0 spiro atoms. The van der Waals surface area contributed by atoms with Crippen LogP contribution in [0.3, 0.4) is 0 Å². The van der Waals surface area contributed by atoms with E-state index in [-0.39, 0.29) is 0 Å². The Morgan fingerprint density at radius 2 is 1.90 bits per heavy atom. The molecule has 150 valence electrons. The summed E-state index contributed by atoms with van der Waals surface area (Å²) < 4.78 is 16.5. The van der Waals surface area contributed by atoms with Crippen LogP contribution in [0.4, 0.5) is 0 Å². The lowest BCUT2D eigenvalue weighted by atomic mass is 10.2. The molecule has 0 aliphatic heterocycles. The lowest BCUT2D eigenvalue weighted by Gasteiger charge is -2.08. The van der Waals surface area contributed by atoms with Crippen LogP contribution in [-0.2, 0) is 12.2 Å². The van der Waals surface area contributed by atoms with E-state index in [0.717, 1.165) is 38.5 Å². The van der Waals surface area contributed by atoms with Crippen molar-refractivity contribution in [1.29, 1.82) is 0 Å². The standard InChI is InChI=1S/C19H18N4O3S3/c1-11-20-12(8-27-11)6-17-22-23-19(26-17)29-10-13-9-28-18(21-13)15-5-4-14(24-2)7-16(15)25-3/h4-5,7-9H,6,10H2,1-3H3. The van der Waals surface area contributed by atoms with Gasteiger partial charge >= 0.3 is 0 Å². The smallest absolute Gasteiger partial charge is 0.276 e. The van der Waals surface area contributed by atoms with Gasteiger partial charge in [-0.2, -0.15) is 0 Å². The van der Waals surface area contributed by atoms with Crippen molar-refractivity contribution < 1.29 is 13.9 Å². The first-order valence-electron chi connectivity index (χ1n) is 8.67. The molecule has 0 N–H and O–H groups in total. The highest BCUT2D eigenvalue weighted by atomic mass is 32.2. The van der Waals surface area contributed by atoms with Gasteiger partial charge in [-0.05, 0) is 19.1 Å². The van der Waals surface area contributed by atoms with Gasteiger partial charge in [0.1, 0.15) is 16.5 Å². The average Bonchev–Trinajstić information content (AvgIpc) is 3.48. The molecule has 3 heterocycles. The quantitative estimate of drug-likeness (QED) is 0.355. The number of hydrogen-bond acceptors (Lipinski definition) is 10. The molecule has 0 saturated carbocycles. The zero-order chi connectivity index (χ0) is 20.2. The van der Waals surface area contributed by atoms with Gasteiger partial charge in [0.15, 0.2) is 0 Å². The van der Waals surface area contributed by atoms with E-state index in [4.69, 9.17) is 18.9 Å². The molecule has 4 rings (SSSR count). The Labute approximate surface area is 180 Å². The second-order valence-corrected chi connectivity index (χ2v) is 8.84. The molecule has 3 aromatic heterocycles. The summed E-state index contributed by atoms with van der Waals surface area (Å²) in [6, 6.07) is 5.71. The number of aryl methyl sites for hydroxylation is 1. The van der Waals surface area contributed by atoms with Gasteiger partial charge in [0.05, 0.1) is 42.6 Å². The maximum Gasteiger partial charge on any atom is 0.276 e. The average molecular weight is 447 g/mol. The molecule has 10 heteroatoms. The molecule has 0 unspecified atom stereocenters. The number of ether oxygens (including phenoxy) is 2. The summed E-state index contributed by atoms with van der Waals surface area (Å²) >= 11 is 4.65. The van der Waals surface area contributed by atoms with Gasteiger partial charge in [-0.1, -0.05) is 11.8 Å². The minimum absolute atomic E-state index is 0.531. The zero-order valence-corrected chi connectivity index (χ0v) is 18.5. The van der Waals surface area contributed by atoms with E-state index in [1.54, 1.807) is 36.9 Å². The van der Waals surface area contributed by atoms with Gasteiger partial charge in [-0.3, -0.25) is 0 Å². The molecule has 0 atom stereocenters. The molecule has 29 heavy (non-hydrogen) atoms. The number of methoxy groups -OCH3 is 2. The SMILES string of the molecule is COc1ccc(-c2nc(CSc3nnc(Cc4csc(C)n4)o3)cs2)c(OC)c1. The molecule has 0 aliphatic carbocycles. The summed E-state index contributed by atoms with van der Waals surface area (Å²) in [5, 5.41) is 14.7. The number of rotatable bonds is 8. The van der Waals surface area contributed by atoms with E-state index < -0.39 is 0 Å². The lowest BCUT2D eigenvalue weighted by molar-refractivity contribution is 0.395. The van der Waals surface area contributed by atoms with E-state index >= 15 is 0 Å². The molecule has 1 aromatic carbocycles. The predicted octanol–water partition coefficient (Wildman–Crippen LogP) is 4.86. The number of thioether (sulfide) groups is 1. The van der Waals surface area contributed by atoms with E-state index in [1.165, 1.54) is 11.8 Å². The van der Waals surface area contributed by atoms with Crippen molar-refractivity contribution in [3.63, 3.8) is 0 Å². The van der Waals surface area contributed by atoms with E-state index in [9.17, 15) is 0 Å². The Balaban J connectivity index is 1.40. The maximum absolute atomic E-state index is 5.72. The number of hydrogen-bond donors (Lipinski definition) is 0. The van der Waals surface area contributed by atoms with Gasteiger partial charge in [-0.15, -0.1) is 32.9 Å². The summed E-state index contributed by atoms with van der Waals surface area (Å²) in [5.41, 5.74) is 2.83. The fourth-order valence-corrected chi connectivity index (χ4v) is 4.86. The third-order valence-electron chi connectivity index (χ3n) is 3.98. The fraction of sp³-hybridized carbons (Fsp3) is 0.263. The van der Waals surface area contributed by atoms with Crippen molar-refractivity contribution >= 4 is 34.4 Å². The van der Waals surface area contributed by atoms with Crippen LogP contribution in [0.15, 0.2) is 38.6 Å². The van der Waals surface area contributed by atoms with E-state index in [1.807, 2.05) is 35.9 Å². The van der Waals surface area contributed by atoms with Crippen LogP contribution >= 0.6 is 34.4 Å². The van der Waals surface area contributed by atoms with E-state index in [2.05, 4.69) is 15.2 Å². The van der Waals surface area contributed by atoms with Gasteiger partial charge in [0, 0.05) is 22.6 Å². The van der Waals surface area contributed by atoms with E-state index in [0.29, 0.717) is 23.3 Å². The Kier molecular flexibility index (Phi) is 6.12. The fourth-order valence-electron chi connectivity index (χ4n) is 2.62. The molecular formula is C19H18N4O3S3. The monoisotopic (exact) mass is 446 g/mol. The molecule has 7 nitrogen and oxygen atoms in total.